The Morgan fingerprint density at radius 1 is 1.00 bits per heavy atom. The van der Waals surface area contributed by atoms with Crippen LogP contribution in [0.25, 0.3) is 6.08 Å². The molecular formula is C16H8Cl3NO2. The molecule has 2 aromatic carbocycles. The predicted octanol–water partition coefficient (Wildman–Crippen LogP) is 4.99. The Labute approximate surface area is 141 Å². The number of ether oxygens (including phenoxy) is 1. The van der Waals surface area contributed by atoms with Gasteiger partial charge in [-0.1, -0.05) is 53.0 Å². The third-order valence-electron chi connectivity index (χ3n) is 2.98. The van der Waals surface area contributed by atoms with E-state index in [9.17, 15) is 4.79 Å². The lowest BCUT2D eigenvalue weighted by Crippen LogP contribution is -2.06. The van der Waals surface area contributed by atoms with Crippen LogP contribution in [-0.2, 0) is 9.53 Å². The van der Waals surface area contributed by atoms with Gasteiger partial charge in [0.1, 0.15) is 0 Å². The Bertz CT molecular complexity index is 811. The summed E-state index contributed by atoms with van der Waals surface area (Å²) in [5, 5.41) is 1.28. The predicted molar refractivity (Wildman–Crippen MR) is 88.5 cm³/mol. The molecule has 0 aromatic heterocycles. The van der Waals surface area contributed by atoms with Crippen LogP contribution in [0.15, 0.2) is 53.2 Å². The summed E-state index contributed by atoms with van der Waals surface area (Å²) in [5.74, 6) is -0.404. The van der Waals surface area contributed by atoms with Crippen molar-refractivity contribution in [3.63, 3.8) is 0 Å². The number of hydrogen-bond acceptors (Lipinski definition) is 3. The number of benzene rings is 2. The zero-order chi connectivity index (χ0) is 15.7. The first-order chi connectivity index (χ1) is 10.5. The van der Waals surface area contributed by atoms with Crippen LogP contribution in [0.4, 0.5) is 0 Å². The van der Waals surface area contributed by atoms with Gasteiger partial charge in [0.05, 0.1) is 15.6 Å². The number of rotatable bonds is 2. The lowest BCUT2D eigenvalue weighted by molar-refractivity contribution is -0.129. The van der Waals surface area contributed by atoms with E-state index in [0.717, 1.165) is 5.56 Å². The molecule has 3 nitrogen and oxygen atoms in total. The van der Waals surface area contributed by atoms with Crippen LogP contribution in [0.3, 0.4) is 0 Å². The minimum absolute atomic E-state index is 0.137. The second-order valence-electron chi connectivity index (χ2n) is 4.49. The highest BCUT2D eigenvalue weighted by atomic mass is 35.5. The maximum absolute atomic E-state index is 11.9. The van der Waals surface area contributed by atoms with Crippen LogP contribution in [0.5, 0.6) is 0 Å². The van der Waals surface area contributed by atoms with Gasteiger partial charge in [0.2, 0.25) is 5.90 Å². The van der Waals surface area contributed by atoms with Gasteiger partial charge in [0, 0.05) is 5.02 Å². The molecule has 110 valence electrons. The zero-order valence-electron chi connectivity index (χ0n) is 11.0. The summed E-state index contributed by atoms with van der Waals surface area (Å²) in [5.41, 5.74) is 1.45. The number of halogens is 3. The van der Waals surface area contributed by atoms with E-state index in [0.29, 0.717) is 20.6 Å². The number of nitrogens with zero attached hydrogens (tertiary/aromatic N) is 1. The fourth-order valence-electron chi connectivity index (χ4n) is 1.91. The molecule has 0 saturated heterocycles. The molecule has 2 aromatic rings. The van der Waals surface area contributed by atoms with Crippen LogP contribution in [0, 0.1) is 0 Å². The van der Waals surface area contributed by atoms with Gasteiger partial charge in [-0.3, -0.25) is 0 Å². The normalized spacial score (nSPS) is 15.9. The topological polar surface area (TPSA) is 38.7 Å². The van der Waals surface area contributed by atoms with E-state index in [1.807, 2.05) is 0 Å². The summed E-state index contributed by atoms with van der Waals surface area (Å²) in [6.45, 7) is 0. The molecule has 6 heteroatoms. The second kappa shape index (κ2) is 6.13. The van der Waals surface area contributed by atoms with Crippen LogP contribution < -0.4 is 0 Å². The zero-order valence-corrected chi connectivity index (χ0v) is 13.3. The van der Waals surface area contributed by atoms with Crippen molar-refractivity contribution >= 4 is 52.7 Å². The molecule has 1 aliphatic heterocycles. The largest absolute Gasteiger partial charge is 0.402 e. The van der Waals surface area contributed by atoms with Gasteiger partial charge in [-0.05, 0) is 35.9 Å². The summed E-state index contributed by atoms with van der Waals surface area (Å²) in [4.78, 5) is 16.1. The van der Waals surface area contributed by atoms with Gasteiger partial charge in [0.25, 0.3) is 0 Å². The maximum atomic E-state index is 11.9. The lowest BCUT2D eigenvalue weighted by atomic mass is 10.2. The first-order valence-electron chi connectivity index (χ1n) is 6.27. The van der Waals surface area contributed by atoms with Gasteiger partial charge >= 0.3 is 5.97 Å². The summed E-state index contributed by atoms with van der Waals surface area (Å²) in [7, 11) is 0. The molecule has 22 heavy (non-hydrogen) atoms. The number of carbonyl (C=O) groups is 1. The number of hydrogen-bond donors (Lipinski definition) is 0. The van der Waals surface area contributed by atoms with Gasteiger partial charge in [-0.15, -0.1) is 0 Å². The van der Waals surface area contributed by atoms with Gasteiger partial charge in [0.15, 0.2) is 5.70 Å². The molecule has 1 aliphatic rings. The van der Waals surface area contributed by atoms with Crippen LogP contribution in [0.1, 0.15) is 11.1 Å². The van der Waals surface area contributed by atoms with Crippen molar-refractivity contribution in [3.05, 3.63) is 74.4 Å². The van der Waals surface area contributed by atoms with E-state index in [2.05, 4.69) is 4.99 Å². The first kappa shape index (κ1) is 15.1. The molecule has 0 bridgehead atoms. The van der Waals surface area contributed by atoms with Crippen LogP contribution in [0.2, 0.25) is 15.1 Å². The molecule has 0 amide bonds. The molecule has 0 saturated carbocycles. The highest BCUT2D eigenvalue weighted by Crippen LogP contribution is 2.29. The quantitative estimate of drug-likeness (QED) is 0.564. The van der Waals surface area contributed by atoms with Crippen LogP contribution >= 0.6 is 34.8 Å². The van der Waals surface area contributed by atoms with Crippen LogP contribution in [-0.4, -0.2) is 11.9 Å². The molecular weight excluding hydrogens is 345 g/mol. The number of carbonyl (C=O) groups excluding carboxylic acids is 1. The highest BCUT2D eigenvalue weighted by molar-refractivity contribution is 6.44. The molecule has 3 rings (SSSR count). The van der Waals surface area contributed by atoms with E-state index in [4.69, 9.17) is 39.5 Å². The number of aliphatic imine (C=N–C) groups is 1. The molecule has 0 atom stereocenters. The Morgan fingerprint density at radius 3 is 2.45 bits per heavy atom. The van der Waals surface area contributed by atoms with Crippen molar-refractivity contribution in [1.29, 1.82) is 0 Å². The van der Waals surface area contributed by atoms with Crippen molar-refractivity contribution in [1.82, 2.24) is 0 Å². The van der Waals surface area contributed by atoms with E-state index in [-0.39, 0.29) is 11.6 Å². The van der Waals surface area contributed by atoms with Gasteiger partial charge in [-0.2, -0.15) is 0 Å². The van der Waals surface area contributed by atoms with E-state index in [1.54, 1.807) is 48.5 Å². The molecule has 0 unspecified atom stereocenters. The SMILES string of the molecule is O=C1OC(c2cccc(Cl)c2Cl)=N/C1=C/c1ccc(Cl)cc1. The monoisotopic (exact) mass is 351 g/mol. The van der Waals surface area contributed by atoms with Gasteiger partial charge in [-0.25, -0.2) is 9.79 Å². The Morgan fingerprint density at radius 2 is 1.73 bits per heavy atom. The smallest absolute Gasteiger partial charge is 0.363 e. The number of cyclic esters (lactones) is 1. The first-order valence-corrected chi connectivity index (χ1v) is 7.40. The third kappa shape index (κ3) is 3.02. The van der Waals surface area contributed by atoms with Crippen molar-refractivity contribution < 1.29 is 9.53 Å². The highest BCUT2D eigenvalue weighted by Gasteiger charge is 2.26. The van der Waals surface area contributed by atoms with E-state index >= 15 is 0 Å². The maximum Gasteiger partial charge on any atom is 0.363 e. The van der Waals surface area contributed by atoms with Crippen molar-refractivity contribution in [3.8, 4) is 0 Å². The summed E-state index contributed by atoms with van der Waals surface area (Å²) >= 11 is 17.9. The molecule has 0 N–H and O–H groups in total. The van der Waals surface area contributed by atoms with Crippen molar-refractivity contribution in [2.24, 2.45) is 4.99 Å². The average molecular weight is 353 g/mol. The fourth-order valence-corrected chi connectivity index (χ4v) is 2.42. The van der Waals surface area contributed by atoms with Crippen molar-refractivity contribution in [2.75, 3.05) is 0 Å². The minimum atomic E-state index is -0.541. The Balaban J connectivity index is 1.98. The second-order valence-corrected chi connectivity index (χ2v) is 5.71. The summed E-state index contributed by atoms with van der Waals surface area (Å²) < 4.78 is 5.17. The Hall–Kier alpha value is -1.81. The molecule has 1 heterocycles. The molecule has 0 spiro atoms. The third-order valence-corrected chi connectivity index (χ3v) is 4.05. The van der Waals surface area contributed by atoms with E-state index < -0.39 is 5.97 Å². The fraction of sp³-hybridized carbons (Fsp3) is 0. The summed E-state index contributed by atoms with van der Waals surface area (Å²) in [6.07, 6.45) is 1.62. The minimum Gasteiger partial charge on any atom is -0.402 e. The molecule has 0 fully saturated rings. The lowest BCUT2D eigenvalue weighted by Gasteiger charge is -2.03. The molecule has 0 radical (unpaired) electrons. The van der Waals surface area contributed by atoms with Crippen molar-refractivity contribution in [2.45, 2.75) is 0 Å². The number of esters is 1. The average Bonchev–Trinajstić information content (AvgIpc) is 2.85. The Kier molecular flexibility index (Phi) is 4.21. The molecule has 0 aliphatic carbocycles. The summed E-state index contributed by atoms with van der Waals surface area (Å²) in [6, 6.07) is 12.1. The van der Waals surface area contributed by atoms with E-state index in [1.165, 1.54) is 0 Å². The van der Waals surface area contributed by atoms with Gasteiger partial charge < -0.3 is 4.74 Å². The standard InChI is InChI=1S/C16H8Cl3NO2/c17-10-6-4-9(5-7-10)8-13-16(21)22-15(20-13)11-2-1-3-12(18)14(11)19/h1-8H/b13-8+.